The molecule has 0 spiro atoms. The van der Waals surface area contributed by atoms with Crippen LogP contribution in [-0.4, -0.2) is 57.2 Å². The maximum Gasteiger partial charge on any atom is 0.235 e. The minimum absolute atomic E-state index is 0.161. The smallest absolute Gasteiger partial charge is 0.235 e. The maximum atomic E-state index is 13.8. The third kappa shape index (κ3) is 5.20. The van der Waals surface area contributed by atoms with Crippen molar-refractivity contribution in [1.29, 1.82) is 0 Å². The Balaban J connectivity index is 1.94. The summed E-state index contributed by atoms with van der Waals surface area (Å²) in [5.41, 5.74) is 3.40. The molecule has 188 valence electrons. The van der Waals surface area contributed by atoms with Crippen LogP contribution in [0.4, 0.5) is 0 Å². The number of likely N-dealkylation sites (tertiary alicyclic amines) is 1. The van der Waals surface area contributed by atoms with E-state index in [1.165, 1.54) is 7.11 Å². The van der Waals surface area contributed by atoms with Crippen LogP contribution < -0.4 is 14.9 Å². The molecule has 1 saturated heterocycles. The number of hydrogen-bond acceptors (Lipinski definition) is 6. The molecule has 0 radical (unpaired) electrons. The van der Waals surface area contributed by atoms with E-state index in [-0.39, 0.29) is 11.2 Å². The van der Waals surface area contributed by atoms with Crippen molar-refractivity contribution in [2.45, 2.75) is 39.2 Å². The van der Waals surface area contributed by atoms with Gasteiger partial charge in [0.25, 0.3) is 0 Å². The number of hydrogen-bond donors (Lipinski definition) is 0. The molecule has 0 unspecified atom stereocenters. The summed E-state index contributed by atoms with van der Waals surface area (Å²) in [5, 5.41) is 1.02. The van der Waals surface area contributed by atoms with Crippen LogP contribution in [0.1, 0.15) is 43.7 Å². The Morgan fingerprint density at radius 3 is 2.40 bits per heavy atom. The van der Waals surface area contributed by atoms with Crippen molar-refractivity contribution in [1.82, 2.24) is 9.80 Å². The Morgan fingerprint density at radius 1 is 1.09 bits per heavy atom. The summed E-state index contributed by atoms with van der Waals surface area (Å²) in [6, 6.07) is 9.58. The predicted molar refractivity (Wildman–Crippen MR) is 142 cm³/mol. The van der Waals surface area contributed by atoms with Crippen molar-refractivity contribution in [3.05, 3.63) is 56.7 Å². The molecule has 6 nitrogen and oxygen atoms in total. The highest BCUT2D eigenvalue weighted by atomic mass is 35.5. The second-order valence-electron chi connectivity index (χ2n) is 9.24. The van der Waals surface area contributed by atoms with Gasteiger partial charge in [-0.1, -0.05) is 31.5 Å². The van der Waals surface area contributed by atoms with Crippen molar-refractivity contribution in [3.63, 3.8) is 0 Å². The monoisotopic (exact) mass is 498 g/mol. The largest absolute Gasteiger partial charge is 0.495 e. The van der Waals surface area contributed by atoms with Gasteiger partial charge in [-0.05, 0) is 87.4 Å². The van der Waals surface area contributed by atoms with Gasteiger partial charge in [0.1, 0.15) is 11.3 Å². The van der Waals surface area contributed by atoms with Gasteiger partial charge in [0.2, 0.25) is 11.2 Å². The second kappa shape index (κ2) is 11.0. The lowest BCUT2D eigenvalue weighted by Gasteiger charge is -2.30. The molecule has 1 aromatic heterocycles. The molecule has 0 N–H and O–H groups in total. The van der Waals surface area contributed by atoms with E-state index < -0.39 is 0 Å². The van der Waals surface area contributed by atoms with Gasteiger partial charge >= 0.3 is 0 Å². The van der Waals surface area contributed by atoms with Crippen molar-refractivity contribution >= 4 is 22.6 Å². The van der Waals surface area contributed by atoms with Gasteiger partial charge in [0.05, 0.1) is 24.6 Å². The molecular formula is C28H35ClN2O4. The van der Waals surface area contributed by atoms with Crippen LogP contribution in [0.25, 0.3) is 22.3 Å². The standard InChI is InChI=1S/C28H35ClN2O4/c1-6-31(7-2)17-18-14-21(19-10-12-30(3)13-11-19)27-22(15-18)25(32)28(34-5)26(35-27)20-8-9-24(33-4)23(29)16-20/h8-9,14-16,19H,6-7,10-13,17H2,1-5H3. The molecule has 1 fully saturated rings. The molecule has 7 heteroatoms. The Morgan fingerprint density at radius 2 is 1.80 bits per heavy atom. The number of ether oxygens (including phenoxy) is 2. The third-order valence-corrected chi connectivity index (χ3v) is 7.41. The topological polar surface area (TPSA) is 55.1 Å². The van der Waals surface area contributed by atoms with Crippen LogP contribution in [0.3, 0.4) is 0 Å². The van der Waals surface area contributed by atoms with Crippen LogP contribution in [0.15, 0.2) is 39.5 Å². The van der Waals surface area contributed by atoms with E-state index in [2.05, 4.69) is 36.8 Å². The van der Waals surface area contributed by atoms with Crippen LogP contribution >= 0.6 is 11.6 Å². The van der Waals surface area contributed by atoms with Crippen molar-refractivity contribution < 1.29 is 13.9 Å². The van der Waals surface area contributed by atoms with E-state index in [1.807, 2.05) is 12.1 Å². The zero-order chi connectivity index (χ0) is 25.1. The Labute approximate surface area is 212 Å². The first kappa shape index (κ1) is 25.5. The quantitative estimate of drug-likeness (QED) is 0.392. The lowest BCUT2D eigenvalue weighted by molar-refractivity contribution is 0.255. The molecule has 0 bridgehead atoms. The van der Waals surface area contributed by atoms with Gasteiger partial charge in [-0.25, -0.2) is 0 Å². The van der Waals surface area contributed by atoms with E-state index in [0.29, 0.717) is 39.0 Å². The van der Waals surface area contributed by atoms with Gasteiger partial charge in [0, 0.05) is 12.1 Å². The van der Waals surface area contributed by atoms with E-state index in [0.717, 1.165) is 56.7 Å². The predicted octanol–water partition coefficient (Wildman–Crippen LogP) is 5.78. The third-order valence-electron chi connectivity index (χ3n) is 7.12. The molecule has 0 atom stereocenters. The Hall–Kier alpha value is -2.54. The first-order chi connectivity index (χ1) is 16.9. The molecule has 1 aliphatic rings. The van der Waals surface area contributed by atoms with Gasteiger partial charge in [-0.3, -0.25) is 9.69 Å². The summed E-state index contributed by atoms with van der Waals surface area (Å²) < 4.78 is 17.4. The fraction of sp³-hybridized carbons (Fsp3) is 0.464. The molecule has 0 aliphatic carbocycles. The molecule has 3 aromatic rings. The summed E-state index contributed by atoms with van der Waals surface area (Å²) in [6.07, 6.45) is 2.06. The van der Waals surface area contributed by atoms with Gasteiger partial charge in [-0.15, -0.1) is 0 Å². The molecule has 0 saturated carbocycles. The SMILES string of the molecule is CCN(CC)Cc1cc(C2CCN(C)CC2)c2oc(-c3ccc(OC)c(Cl)c3)c(OC)c(=O)c2c1. The minimum Gasteiger partial charge on any atom is -0.495 e. The van der Waals surface area contributed by atoms with E-state index in [4.69, 9.17) is 25.5 Å². The van der Waals surface area contributed by atoms with Gasteiger partial charge in [-0.2, -0.15) is 0 Å². The first-order valence-electron chi connectivity index (χ1n) is 12.3. The lowest BCUT2D eigenvalue weighted by atomic mass is 9.87. The van der Waals surface area contributed by atoms with Crippen LogP contribution in [-0.2, 0) is 6.54 Å². The van der Waals surface area contributed by atoms with Crippen molar-refractivity contribution in [3.8, 4) is 22.8 Å². The average molecular weight is 499 g/mol. The molecule has 4 rings (SSSR count). The molecule has 2 aromatic carbocycles. The van der Waals surface area contributed by atoms with Crippen LogP contribution in [0, 0.1) is 0 Å². The van der Waals surface area contributed by atoms with E-state index in [1.54, 1.807) is 19.2 Å². The number of nitrogens with zero attached hydrogens (tertiary/aromatic N) is 2. The maximum absolute atomic E-state index is 13.8. The number of methoxy groups -OCH3 is 2. The van der Waals surface area contributed by atoms with Crippen LogP contribution in [0.2, 0.25) is 5.02 Å². The molecule has 35 heavy (non-hydrogen) atoms. The first-order valence-corrected chi connectivity index (χ1v) is 12.7. The Bertz CT molecular complexity index is 1240. The molecule has 2 heterocycles. The summed E-state index contributed by atoms with van der Waals surface area (Å²) in [4.78, 5) is 18.5. The zero-order valence-corrected chi connectivity index (χ0v) is 22.1. The highest BCUT2D eigenvalue weighted by Gasteiger charge is 2.26. The molecule has 0 amide bonds. The Kier molecular flexibility index (Phi) is 8.05. The minimum atomic E-state index is -0.161. The zero-order valence-electron chi connectivity index (χ0n) is 21.3. The number of fused-ring (bicyclic) bond motifs is 1. The van der Waals surface area contributed by atoms with Crippen LogP contribution in [0.5, 0.6) is 11.5 Å². The summed E-state index contributed by atoms with van der Waals surface area (Å²) in [5.74, 6) is 1.47. The van der Waals surface area contributed by atoms with E-state index in [9.17, 15) is 4.79 Å². The number of rotatable bonds is 8. The van der Waals surface area contributed by atoms with Crippen molar-refractivity contribution in [2.75, 3.05) is 47.4 Å². The van der Waals surface area contributed by atoms with Gasteiger partial charge in [0.15, 0.2) is 5.76 Å². The summed E-state index contributed by atoms with van der Waals surface area (Å²) in [7, 11) is 5.23. The highest BCUT2D eigenvalue weighted by Crippen LogP contribution is 2.39. The molecular weight excluding hydrogens is 464 g/mol. The van der Waals surface area contributed by atoms with E-state index >= 15 is 0 Å². The second-order valence-corrected chi connectivity index (χ2v) is 9.65. The van der Waals surface area contributed by atoms with Crippen molar-refractivity contribution in [2.24, 2.45) is 0 Å². The molecule has 1 aliphatic heterocycles. The van der Waals surface area contributed by atoms with Gasteiger partial charge < -0.3 is 18.8 Å². The summed E-state index contributed by atoms with van der Waals surface area (Å²) >= 11 is 6.40. The fourth-order valence-corrected chi connectivity index (χ4v) is 5.23. The fourth-order valence-electron chi connectivity index (χ4n) is 4.97. The number of benzene rings is 2. The summed E-state index contributed by atoms with van der Waals surface area (Å²) in [6.45, 7) is 9.06. The lowest BCUT2D eigenvalue weighted by Crippen LogP contribution is -2.29. The number of piperidine rings is 1. The average Bonchev–Trinajstić information content (AvgIpc) is 2.87. The number of halogens is 1. The normalized spacial score (nSPS) is 15.2. The highest BCUT2D eigenvalue weighted by molar-refractivity contribution is 6.32.